The molecule has 0 aliphatic carbocycles. The summed E-state index contributed by atoms with van der Waals surface area (Å²) in [6.07, 6.45) is 0.599. The molecule has 3 N–H and O–H groups in total. The van der Waals surface area contributed by atoms with Crippen molar-refractivity contribution < 1.29 is 9.59 Å². The van der Waals surface area contributed by atoms with Crippen molar-refractivity contribution in [3.05, 3.63) is 101 Å². The molecule has 0 bridgehead atoms. The van der Waals surface area contributed by atoms with Crippen molar-refractivity contribution >= 4 is 29.9 Å². The summed E-state index contributed by atoms with van der Waals surface area (Å²) in [5.41, 5.74) is 5.03. The van der Waals surface area contributed by atoms with Gasteiger partial charge in [0.15, 0.2) is 0 Å². The van der Waals surface area contributed by atoms with Crippen molar-refractivity contribution in [3.8, 4) is 0 Å². The van der Waals surface area contributed by atoms with E-state index < -0.39 is 6.04 Å². The summed E-state index contributed by atoms with van der Waals surface area (Å²) >= 11 is 0. The number of benzene rings is 3. The molecule has 1 heterocycles. The monoisotopic (exact) mass is 463 g/mol. The highest BCUT2D eigenvalue weighted by Crippen LogP contribution is 2.21. The molecule has 1 aliphatic rings. The van der Waals surface area contributed by atoms with E-state index in [1.807, 2.05) is 66.7 Å². The van der Waals surface area contributed by atoms with E-state index in [1.165, 1.54) is 11.1 Å². The third-order valence-electron chi connectivity index (χ3n) is 5.92. The number of fused-ring (bicyclic) bond motifs is 1. The first-order chi connectivity index (χ1) is 15.5. The molecule has 3 aromatic rings. The molecule has 2 amide bonds. The fourth-order valence-corrected chi connectivity index (χ4v) is 3.99. The summed E-state index contributed by atoms with van der Waals surface area (Å²) in [6, 6.07) is 24.1. The minimum Gasteiger partial charge on any atom is -0.339 e. The third-order valence-corrected chi connectivity index (χ3v) is 5.92. The van der Waals surface area contributed by atoms with Crippen LogP contribution in [0, 0.1) is 0 Å². The summed E-state index contributed by atoms with van der Waals surface area (Å²) in [6.45, 7) is 4.90. The molecule has 1 aliphatic heterocycles. The highest BCUT2D eigenvalue weighted by molar-refractivity contribution is 5.98. The average Bonchev–Trinajstić information content (AvgIpc) is 2.83. The van der Waals surface area contributed by atoms with Gasteiger partial charge in [0, 0.05) is 12.2 Å². The lowest BCUT2D eigenvalue weighted by Gasteiger charge is -2.27. The van der Waals surface area contributed by atoms with Crippen LogP contribution in [0.5, 0.6) is 0 Å². The van der Waals surface area contributed by atoms with Crippen LogP contribution in [0.15, 0.2) is 78.9 Å². The van der Waals surface area contributed by atoms with Crippen LogP contribution in [-0.4, -0.2) is 17.9 Å². The third kappa shape index (κ3) is 6.01. The van der Waals surface area contributed by atoms with Gasteiger partial charge in [-0.15, -0.1) is 12.4 Å². The van der Waals surface area contributed by atoms with Gasteiger partial charge < -0.3 is 16.0 Å². The van der Waals surface area contributed by atoms with E-state index >= 15 is 0 Å². The Labute approximate surface area is 201 Å². The van der Waals surface area contributed by atoms with Crippen LogP contribution >= 0.6 is 12.4 Å². The zero-order chi connectivity index (χ0) is 22.5. The molecular weight excluding hydrogens is 434 g/mol. The van der Waals surface area contributed by atoms with Crippen LogP contribution in [-0.2, 0) is 22.6 Å². The molecule has 4 rings (SSSR count). The van der Waals surface area contributed by atoms with Gasteiger partial charge in [-0.25, -0.2) is 0 Å². The molecule has 0 fully saturated rings. The molecule has 0 unspecified atom stereocenters. The normalized spacial score (nSPS) is 15.7. The van der Waals surface area contributed by atoms with Crippen molar-refractivity contribution in [2.24, 2.45) is 0 Å². The predicted molar refractivity (Wildman–Crippen MR) is 135 cm³/mol. The maximum absolute atomic E-state index is 13.2. The molecule has 0 saturated carbocycles. The van der Waals surface area contributed by atoms with E-state index in [0.717, 1.165) is 11.1 Å². The smallest absolute Gasteiger partial charge is 0.251 e. The van der Waals surface area contributed by atoms with Gasteiger partial charge in [0.05, 0.1) is 6.04 Å². The van der Waals surface area contributed by atoms with Crippen LogP contribution < -0.4 is 16.0 Å². The summed E-state index contributed by atoms with van der Waals surface area (Å²) in [5.74, 6) is -0.0269. The number of hydrogen-bond acceptors (Lipinski definition) is 3. The second-order valence-corrected chi connectivity index (χ2v) is 8.52. The van der Waals surface area contributed by atoms with Crippen LogP contribution in [0.1, 0.15) is 48.1 Å². The zero-order valence-electron chi connectivity index (χ0n) is 18.9. The summed E-state index contributed by atoms with van der Waals surface area (Å²) in [5, 5.41) is 9.22. The maximum atomic E-state index is 13.2. The highest BCUT2D eigenvalue weighted by atomic mass is 35.5. The van der Waals surface area contributed by atoms with Crippen molar-refractivity contribution in [2.75, 3.05) is 5.32 Å². The number of rotatable bonds is 6. The first-order valence-corrected chi connectivity index (χ1v) is 11.1. The molecular formula is C27H30ClN3O2. The van der Waals surface area contributed by atoms with Crippen molar-refractivity contribution in [1.82, 2.24) is 10.6 Å². The Kier molecular flexibility index (Phi) is 8.26. The van der Waals surface area contributed by atoms with E-state index in [0.29, 0.717) is 24.6 Å². The Morgan fingerprint density at radius 2 is 1.48 bits per heavy atom. The van der Waals surface area contributed by atoms with Gasteiger partial charge >= 0.3 is 0 Å². The Bertz CT molecular complexity index is 1080. The van der Waals surface area contributed by atoms with E-state index in [-0.39, 0.29) is 30.3 Å². The lowest BCUT2D eigenvalue weighted by atomic mass is 9.95. The Hall–Kier alpha value is -3.15. The number of amides is 2. The number of carbonyl (C=O) groups excluding carboxylic acids is 2. The molecule has 33 heavy (non-hydrogen) atoms. The molecule has 172 valence electrons. The second-order valence-electron chi connectivity index (χ2n) is 8.52. The zero-order valence-corrected chi connectivity index (χ0v) is 19.7. The quantitative estimate of drug-likeness (QED) is 0.494. The first kappa shape index (κ1) is 24.5. The highest BCUT2D eigenvalue weighted by Gasteiger charge is 2.29. The Morgan fingerprint density at radius 1 is 0.848 bits per heavy atom. The second kappa shape index (κ2) is 11.1. The average molecular weight is 464 g/mol. The molecule has 5 nitrogen and oxygen atoms in total. The molecule has 0 aromatic heterocycles. The molecule has 0 radical (unpaired) electrons. The van der Waals surface area contributed by atoms with E-state index in [1.54, 1.807) is 0 Å². The van der Waals surface area contributed by atoms with Crippen LogP contribution in [0.3, 0.4) is 0 Å². The first-order valence-electron chi connectivity index (χ1n) is 11.1. The van der Waals surface area contributed by atoms with E-state index in [9.17, 15) is 9.59 Å². The standard InChI is InChI=1S/C27H29N3O2.ClH/c1-18(2)19-12-14-23(15-13-19)29-27(32)25(20-8-4-3-5-9-20)30-26(31)24-16-21-10-6-7-11-22(21)17-28-24;/h3-15,18,24-25,28H,16-17H2,1-2H3,(H,29,32)(H,30,31);1H/t24-,25+;/m0./s1. The number of anilines is 1. The van der Waals surface area contributed by atoms with Crippen LogP contribution in [0.2, 0.25) is 0 Å². The maximum Gasteiger partial charge on any atom is 0.251 e. The number of hydrogen-bond donors (Lipinski definition) is 3. The van der Waals surface area contributed by atoms with E-state index in [4.69, 9.17) is 0 Å². The fourth-order valence-electron chi connectivity index (χ4n) is 3.99. The molecule has 6 heteroatoms. The van der Waals surface area contributed by atoms with E-state index in [2.05, 4.69) is 41.9 Å². The lowest BCUT2D eigenvalue weighted by molar-refractivity contribution is -0.128. The fraction of sp³-hybridized carbons (Fsp3) is 0.259. The lowest BCUT2D eigenvalue weighted by Crippen LogP contribution is -2.50. The van der Waals surface area contributed by atoms with Gasteiger partial charge in [-0.2, -0.15) is 0 Å². The van der Waals surface area contributed by atoms with Gasteiger partial charge in [0.25, 0.3) is 5.91 Å². The predicted octanol–water partition coefficient (Wildman–Crippen LogP) is 4.74. The number of carbonyl (C=O) groups is 2. The topological polar surface area (TPSA) is 70.2 Å². The largest absolute Gasteiger partial charge is 0.339 e. The minimum atomic E-state index is -0.785. The summed E-state index contributed by atoms with van der Waals surface area (Å²) in [7, 11) is 0. The summed E-state index contributed by atoms with van der Waals surface area (Å²) < 4.78 is 0. The van der Waals surface area contributed by atoms with Gasteiger partial charge in [0.2, 0.25) is 5.91 Å². The summed E-state index contributed by atoms with van der Waals surface area (Å²) in [4.78, 5) is 26.3. The molecule has 2 atom stereocenters. The Morgan fingerprint density at radius 3 is 2.15 bits per heavy atom. The van der Waals surface area contributed by atoms with Crippen molar-refractivity contribution in [3.63, 3.8) is 0 Å². The van der Waals surface area contributed by atoms with Gasteiger partial charge in [-0.05, 0) is 46.7 Å². The van der Waals surface area contributed by atoms with Crippen molar-refractivity contribution in [1.29, 1.82) is 0 Å². The van der Waals surface area contributed by atoms with Crippen LogP contribution in [0.25, 0.3) is 0 Å². The Balaban J connectivity index is 0.00000306. The number of nitrogens with one attached hydrogen (secondary N) is 3. The molecule has 0 spiro atoms. The van der Waals surface area contributed by atoms with Crippen molar-refractivity contribution in [2.45, 2.75) is 44.8 Å². The van der Waals surface area contributed by atoms with Gasteiger partial charge in [-0.3, -0.25) is 9.59 Å². The molecule has 0 saturated heterocycles. The SMILES string of the molecule is CC(C)c1ccc(NC(=O)[C@H](NC(=O)[C@@H]2Cc3ccccc3CN2)c2ccccc2)cc1.Cl. The van der Waals surface area contributed by atoms with Gasteiger partial charge in [-0.1, -0.05) is 80.6 Å². The van der Waals surface area contributed by atoms with Gasteiger partial charge in [0.1, 0.15) is 6.04 Å². The van der Waals surface area contributed by atoms with Crippen LogP contribution in [0.4, 0.5) is 5.69 Å². The minimum absolute atomic E-state index is 0. The number of halogens is 1. The molecule has 3 aromatic carbocycles.